The van der Waals surface area contributed by atoms with Gasteiger partial charge in [0.2, 0.25) is 5.75 Å². The predicted molar refractivity (Wildman–Crippen MR) is 128 cm³/mol. The molecule has 0 bridgehead atoms. The first-order valence-electron chi connectivity index (χ1n) is 10.8. The number of hydrogen-bond donors (Lipinski definition) is 1. The van der Waals surface area contributed by atoms with Crippen molar-refractivity contribution < 1.29 is 33.3 Å². The zero-order valence-corrected chi connectivity index (χ0v) is 19.3. The van der Waals surface area contributed by atoms with Crippen LogP contribution in [0, 0.1) is 0 Å². The first-order chi connectivity index (χ1) is 16.9. The van der Waals surface area contributed by atoms with E-state index in [-0.39, 0.29) is 28.9 Å². The van der Waals surface area contributed by atoms with Crippen LogP contribution in [0.3, 0.4) is 0 Å². The molecule has 1 aliphatic heterocycles. The number of rotatable bonds is 5. The highest BCUT2D eigenvalue weighted by Gasteiger charge is 2.34. The molecule has 5 rings (SSSR count). The highest BCUT2D eigenvalue weighted by molar-refractivity contribution is 5.93. The zero-order chi connectivity index (χ0) is 24.7. The van der Waals surface area contributed by atoms with Crippen LogP contribution in [-0.4, -0.2) is 32.4 Å². The number of carbonyl (C=O) groups is 1. The summed E-state index contributed by atoms with van der Waals surface area (Å²) in [5, 5.41) is 10.7. The van der Waals surface area contributed by atoms with E-state index in [1.165, 1.54) is 33.5 Å². The van der Waals surface area contributed by atoms with Gasteiger partial charge in [-0.3, -0.25) is 9.59 Å². The fraction of sp³-hybridized carbons (Fsp3) is 0.185. The summed E-state index contributed by atoms with van der Waals surface area (Å²) in [6.45, 7) is 0. The normalized spacial score (nSPS) is 14.8. The topological polar surface area (TPSA) is 104 Å². The van der Waals surface area contributed by atoms with Gasteiger partial charge in [0.25, 0.3) is 0 Å². The Bertz CT molecular complexity index is 1480. The lowest BCUT2D eigenvalue weighted by atomic mass is 9.84. The van der Waals surface area contributed by atoms with Gasteiger partial charge < -0.3 is 28.5 Å². The van der Waals surface area contributed by atoms with E-state index in [2.05, 4.69) is 0 Å². The van der Waals surface area contributed by atoms with E-state index in [9.17, 15) is 14.7 Å². The smallest absolute Gasteiger partial charge is 0.312 e. The summed E-state index contributed by atoms with van der Waals surface area (Å²) >= 11 is 0. The maximum atomic E-state index is 13.1. The lowest BCUT2D eigenvalue weighted by Gasteiger charge is -2.27. The molecule has 0 amide bonds. The first-order valence-corrected chi connectivity index (χ1v) is 10.8. The molecule has 0 saturated heterocycles. The Kier molecular flexibility index (Phi) is 5.56. The van der Waals surface area contributed by atoms with Crippen LogP contribution >= 0.6 is 0 Å². The Balaban J connectivity index is 1.82. The molecule has 1 aliphatic rings. The van der Waals surface area contributed by atoms with E-state index in [0.29, 0.717) is 39.7 Å². The Morgan fingerprint density at radius 2 is 1.60 bits per heavy atom. The standard InChI is InChI=1S/C27H22O8/c1-31-21-9-15(10-22(32-2)26(21)33-3)16-11-23(30)34-20-13-18(29)25-17(28)12-19(35-27(25)24(16)20)14-7-5-4-6-8-14/h4-10,12-13,16,29H,11H2,1-3H3/t16-/m1/s1. The Labute approximate surface area is 200 Å². The van der Waals surface area contributed by atoms with Crippen LogP contribution in [0.25, 0.3) is 22.3 Å². The fourth-order valence-electron chi connectivity index (χ4n) is 4.49. The molecule has 8 nitrogen and oxygen atoms in total. The maximum absolute atomic E-state index is 13.1. The zero-order valence-electron chi connectivity index (χ0n) is 19.3. The average molecular weight is 474 g/mol. The minimum Gasteiger partial charge on any atom is -0.507 e. The molecule has 4 aromatic rings. The molecule has 35 heavy (non-hydrogen) atoms. The number of fused-ring (bicyclic) bond motifs is 3. The summed E-state index contributed by atoms with van der Waals surface area (Å²) in [7, 11) is 4.51. The van der Waals surface area contributed by atoms with Crippen LogP contribution in [0.4, 0.5) is 0 Å². The van der Waals surface area contributed by atoms with E-state index in [0.717, 1.165) is 0 Å². The number of carbonyl (C=O) groups excluding carboxylic acids is 1. The number of methoxy groups -OCH3 is 3. The third kappa shape index (κ3) is 3.73. The second-order valence-electron chi connectivity index (χ2n) is 8.04. The van der Waals surface area contributed by atoms with E-state index in [1.807, 2.05) is 30.3 Å². The van der Waals surface area contributed by atoms with Gasteiger partial charge in [-0.05, 0) is 17.7 Å². The van der Waals surface area contributed by atoms with Crippen molar-refractivity contribution in [2.24, 2.45) is 0 Å². The Hall–Kier alpha value is -4.46. The van der Waals surface area contributed by atoms with Gasteiger partial charge in [-0.15, -0.1) is 0 Å². The molecule has 8 heteroatoms. The summed E-state index contributed by atoms with van der Waals surface area (Å²) in [5.74, 6) is 0.300. The number of aromatic hydroxyl groups is 1. The van der Waals surface area contributed by atoms with Crippen molar-refractivity contribution in [3.8, 4) is 40.1 Å². The molecule has 0 saturated carbocycles. The molecule has 178 valence electrons. The molecule has 0 fully saturated rings. The van der Waals surface area contributed by atoms with Gasteiger partial charge >= 0.3 is 5.97 Å². The van der Waals surface area contributed by atoms with Crippen LogP contribution in [-0.2, 0) is 4.79 Å². The van der Waals surface area contributed by atoms with Gasteiger partial charge in [-0.2, -0.15) is 0 Å². The van der Waals surface area contributed by atoms with Gasteiger partial charge in [0.1, 0.15) is 28.2 Å². The monoisotopic (exact) mass is 474 g/mol. The van der Waals surface area contributed by atoms with Gasteiger partial charge in [-0.1, -0.05) is 30.3 Å². The second-order valence-corrected chi connectivity index (χ2v) is 8.04. The number of benzene rings is 3. The Morgan fingerprint density at radius 3 is 2.23 bits per heavy atom. The van der Waals surface area contributed by atoms with Gasteiger partial charge in [-0.25, -0.2) is 0 Å². The quantitative estimate of drug-likeness (QED) is 0.330. The maximum Gasteiger partial charge on any atom is 0.312 e. The average Bonchev–Trinajstić information content (AvgIpc) is 2.87. The highest BCUT2D eigenvalue weighted by atomic mass is 16.5. The summed E-state index contributed by atoms with van der Waals surface area (Å²) in [5.41, 5.74) is 1.57. The molecule has 1 atom stereocenters. The molecule has 2 heterocycles. The molecule has 0 unspecified atom stereocenters. The van der Waals surface area contributed by atoms with Crippen LogP contribution in [0.15, 0.2) is 63.8 Å². The van der Waals surface area contributed by atoms with Crippen LogP contribution < -0.4 is 24.4 Å². The molecular weight excluding hydrogens is 452 g/mol. The van der Waals surface area contributed by atoms with Gasteiger partial charge in [0.05, 0.1) is 27.8 Å². The third-order valence-electron chi connectivity index (χ3n) is 6.07. The fourth-order valence-corrected chi connectivity index (χ4v) is 4.49. The van der Waals surface area contributed by atoms with Crippen molar-refractivity contribution in [3.63, 3.8) is 0 Å². The molecule has 0 spiro atoms. The summed E-state index contributed by atoms with van der Waals surface area (Å²) < 4.78 is 28.1. The minimum atomic E-state index is -0.572. The third-order valence-corrected chi connectivity index (χ3v) is 6.07. The second kappa shape index (κ2) is 8.72. The van der Waals surface area contributed by atoms with Crippen molar-refractivity contribution in [1.29, 1.82) is 0 Å². The lowest BCUT2D eigenvalue weighted by Crippen LogP contribution is -2.22. The predicted octanol–water partition coefficient (Wildman–Crippen LogP) is 4.63. The number of hydrogen-bond acceptors (Lipinski definition) is 8. The van der Waals surface area contributed by atoms with E-state index in [4.69, 9.17) is 23.4 Å². The number of esters is 1. The number of phenols is 1. The van der Waals surface area contributed by atoms with Crippen molar-refractivity contribution in [2.75, 3.05) is 21.3 Å². The molecular formula is C27H22O8. The molecule has 3 aromatic carbocycles. The van der Waals surface area contributed by atoms with Crippen molar-refractivity contribution in [1.82, 2.24) is 0 Å². The van der Waals surface area contributed by atoms with Crippen molar-refractivity contribution >= 4 is 16.9 Å². The van der Waals surface area contributed by atoms with Crippen molar-refractivity contribution in [2.45, 2.75) is 12.3 Å². The first kappa shape index (κ1) is 22.3. The van der Waals surface area contributed by atoms with E-state index in [1.54, 1.807) is 12.1 Å². The lowest BCUT2D eigenvalue weighted by molar-refractivity contribution is -0.135. The van der Waals surface area contributed by atoms with E-state index >= 15 is 0 Å². The Morgan fingerprint density at radius 1 is 0.914 bits per heavy atom. The summed E-state index contributed by atoms with van der Waals surface area (Å²) in [6, 6.07) is 15.3. The van der Waals surface area contributed by atoms with Crippen molar-refractivity contribution in [3.05, 3.63) is 75.9 Å². The molecule has 1 aromatic heterocycles. The summed E-state index contributed by atoms with van der Waals surface area (Å²) in [6.07, 6.45) is -0.0230. The molecule has 0 radical (unpaired) electrons. The molecule has 1 N–H and O–H groups in total. The number of ether oxygens (including phenoxy) is 4. The number of phenolic OH excluding ortho intramolecular Hbond substituents is 1. The van der Waals surface area contributed by atoms with E-state index < -0.39 is 17.3 Å². The molecule has 0 aliphatic carbocycles. The minimum absolute atomic E-state index is 0.0128. The van der Waals surface area contributed by atoms with Crippen LogP contribution in [0.5, 0.6) is 28.7 Å². The largest absolute Gasteiger partial charge is 0.507 e. The van der Waals surface area contributed by atoms with Crippen LogP contribution in [0.2, 0.25) is 0 Å². The summed E-state index contributed by atoms with van der Waals surface area (Å²) in [4.78, 5) is 25.6. The van der Waals surface area contributed by atoms with Gasteiger partial charge in [0, 0.05) is 29.2 Å². The highest BCUT2D eigenvalue weighted by Crippen LogP contribution is 2.49. The van der Waals surface area contributed by atoms with Gasteiger partial charge in [0.15, 0.2) is 16.9 Å². The SMILES string of the molecule is COc1cc([C@H]2CC(=O)Oc3cc(O)c4c(=O)cc(-c5ccccc5)oc4c32)cc(OC)c1OC. The van der Waals surface area contributed by atoms with Crippen LogP contribution in [0.1, 0.15) is 23.5 Å².